The Hall–Kier alpha value is -2.92. The molecule has 11 heteroatoms. The number of nitrogens with one attached hydrogen (secondary N) is 2. The van der Waals surface area contributed by atoms with Crippen molar-refractivity contribution in [3.05, 3.63) is 75.6 Å². The number of anilines is 1. The van der Waals surface area contributed by atoms with Gasteiger partial charge in [0, 0.05) is 13.5 Å². The highest BCUT2D eigenvalue weighted by molar-refractivity contribution is 7.94. The molecule has 0 unspecified atom stereocenters. The van der Waals surface area contributed by atoms with Gasteiger partial charge in [-0.05, 0) is 34.9 Å². The lowest BCUT2D eigenvalue weighted by Crippen LogP contribution is -2.19. The second kappa shape index (κ2) is 9.52. The van der Waals surface area contributed by atoms with Gasteiger partial charge in [-0.25, -0.2) is 8.42 Å². The van der Waals surface area contributed by atoms with Gasteiger partial charge in [0.1, 0.15) is 4.21 Å². The lowest BCUT2D eigenvalue weighted by atomic mass is 10.1. The monoisotopic (exact) mass is 504 g/mol. The van der Waals surface area contributed by atoms with Crippen molar-refractivity contribution in [1.82, 2.24) is 15.1 Å². The molecule has 4 rings (SSSR count). The quantitative estimate of drug-likeness (QED) is 0.338. The summed E-state index contributed by atoms with van der Waals surface area (Å²) in [5, 5.41) is 17.7. The van der Waals surface area contributed by atoms with Crippen molar-refractivity contribution < 1.29 is 18.3 Å². The van der Waals surface area contributed by atoms with Gasteiger partial charge in [-0.15, -0.1) is 11.3 Å². The lowest BCUT2D eigenvalue weighted by Gasteiger charge is -2.07. The molecule has 8 nitrogen and oxygen atoms in total. The van der Waals surface area contributed by atoms with Crippen molar-refractivity contribution in [3.8, 4) is 0 Å². The fourth-order valence-corrected chi connectivity index (χ4v) is 5.97. The highest BCUT2D eigenvalue weighted by Gasteiger charge is 2.22. The Balaban J connectivity index is 1.72. The van der Waals surface area contributed by atoms with Crippen LogP contribution in [0.25, 0.3) is 10.9 Å². The fraction of sp³-hybridized carbons (Fsp3) is 0.182. The van der Waals surface area contributed by atoms with Crippen LogP contribution < -0.4 is 10.0 Å². The van der Waals surface area contributed by atoms with E-state index in [9.17, 15) is 18.3 Å². The Morgan fingerprint density at radius 3 is 2.61 bits per heavy atom. The topological polar surface area (TPSA) is 113 Å². The molecule has 33 heavy (non-hydrogen) atoms. The molecule has 3 N–H and O–H groups in total. The molecule has 1 amide bonds. The van der Waals surface area contributed by atoms with Gasteiger partial charge in [-0.2, -0.15) is 5.10 Å². The van der Waals surface area contributed by atoms with Gasteiger partial charge in [0.2, 0.25) is 5.91 Å². The number of amides is 1. The van der Waals surface area contributed by atoms with Gasteiger partial charge in [0.05, 0.1) is 28.4 Å². The summed E-state index contributed by atoms with van der Waals surface area (Å²) >= 11 is 6.86. The number of hydrogen-bond donors (Lipinski definition) is 3. The van der Waals surface area contributed by atoms with Crippen molar-refractivity contribution in [1.29, 1.82) is 0 Å². The van der Waals surface area contributed by atoms with Crippen molar-refractivity contribution >= 4 is 55.6 Å². The Bertz CT molecular complexity index is 1430. The molecule has 0 saturated carbocycles. The van der Waals surface area contributed by atoms with Crippen LogP contribution in [-0.4, -0.2) is 29.2 Å². The van der Waals surface area contributed by atoms with Crippen molar-refractivity contribution in [2.75, 3.05) is 4.72 Å². The Kier molecular flexibility index (Phi) is 6.71. The summed E-state index contributed by atoms with van der Waals surface area (Å²) in [5.74, 6) is 0.0209. The zero-order chi connectivity index (χ0) is 23.6. The number of rotatable bonds is 8. The number of sulfonamides is 1. The van der Waals surface area contributed by atoms with Crippen molar-refractivity contribution in [2.45, 2.75) is 30.8 Å². The number of carbonyl (C=O) groups excluding carboxylic acids is 1. The molecule has 0 aliphatic carbocycles. The number of nitrogens with zero attached hydrogens (tertiary/aromatic N) is 2. The van der Waals surface area contributed by atoms with Crippen LogP contribution in [0.4, 0.5) is 5.82 Å². The average Bonchev–Trinajstić information content (AvgIpc) is 3.37. The number of hydrogen-bond acceptors (Lipinski definition) is 6. The highest BCUT2D eigenvalue weighted by Crippen LogP contribution is 2.32. The minimum atomic E-state index is -3.90. The largest absolute Gasteiger partial charge is 0.392 e. The maximum absolute atomic E-state index is 12.9. The summed E-state index contributed by atoms with van der Waals surface area (Å²) in [7, 11) is -3.90. The van der Waals surface area contributed by atoms with E-state index >= 15 is 0 Å². The summed E-state index contributed by atoms with van der Waals surface area (Å²) < 4.78 is 30.5. The first-order valence-electron chi connectivity index (χ1n) is 9.96. The van der Waals surface area contributed by atoms with Crippen LogP contribution in [0, 0.1) is 0 Å². The van der Waals surface area contributed by atoms with Gasteiger partial charge < -0.3 is 10.4 Å². The third kappa shape index (κ3) is 5.19. The molecule has 2 aromatic carbocycles. The molecule has 0 spiro atoms. The Morgan fingerprint density at radius 1 is 1.15 bits per heavy atom. The predicted molar refractivity (Wildman–Crippen MR) is 129 cm³/mol. The highest BCUT2D eigenvalue weighted by atomic mass is 35.5. The third-order valence-corrected chi connectivity index (χ3v) is 8.01. The molecule has 0 aliphatic heterocycles. The van der Waals surface area contributed by atoms with Gasteiger partial charge in [0.25, 0.3) is 10.0 Å². The molecule has 2 aromatic heterocycles. The van der Waals surface area contributed by atoms with E-state index in [-0.39, 0.29) is 22.5 Å². The van der Waals surface area contributed by atoms with Crippen molar-refractivity contribution in [3.63, 3.8) is 0 Å². The summed E-state index contributed by atoms with van der Waals surface area (Å²) in [6.45, 7) is 1.97. The average molecular weight is 505 g/mol. The number of carbonyl (C=O) groups is 1. The standard InChI is InChI=1S/C22H21ClN4O4S2/c1-14(29)24-11-15-4-2-5-16(10-15)12-27-18-7-3-6-17(13-28)21(18)22(25-27)26-33(30,31)20-9-8-19(23)32-20/h2-10,28H,11-13H2,1H3,(H,24,29)(H,25,26). The molecule has 0 bridgehead atoms. The van der Waals surface area contributed by atoms with Gasteiger partial charge in [-0.3, -0.25) is 14.2 Å². The summed E-state index contributed by atoms with van der Waals surface area (Å²) in [6.07, 6.45) is 0. The number of halogens is 1. The molecule has 172 valence electrons. The maximum Gasteiger partial charge on any atom is 0.272 e. The third-order valence-electron chi connectivity index (χ3n) is 4.94. The summed E-state index contributed by atoms with van der Waals surface area (Å²) in [6, 6.07) is 16.0. The molecule has 4 aromatic rings. The molecule has 2 heterocycles. The van der Waals surface area contributed by atoms with Crippen LogP contribution in [0.1, 0.15) is 23.6 Å². The van der Waals surface area contributed by atoms with Crippen molar-refractivity contribution in [2.24, 2.45) is 0 Å². The van der Waals surface area contributed by atoms with Crippen LogP contribution in [0.15, 0.2) is 58.8 Å². The number of benzene rings is 2. The fourth-order valence-electron chi connectivity index (χ4n) is 3.48. The summed E-state index contributed by atoms with van der Waals surface area (Å²) in [4.78, 5) is 11.2. The molecule has 0 saturated heterocycles. The molecular weight excluding hydrogens is 484 g/mol. The molecule has 0 atom stereocenters. The number of aliphatic hydroxyl groups excluding tert-OH is 1. The number of aromatic nitrogens is 2. The number of fused-ring (bicyclic) bond motifs is 1. The minimum Gasteiger partial charge on any atom is -0.392 e. The van der Waals surface area contributed by atoms with E-state index in [1.54, 1.807) is 16.8 Å². The van der Waals surface area contributed by atoms with E-state index in [4.69, 9.17) is 11.6 Å². The molecular formula is C22H21ClN4O4S2. The molecule has 0 radical (unpaired) electrons. The van der Waals surface area contributed by atoms with Crippen LogP contribution >= 0.6 is 22.9 Å². The van der Waals surface area contributed by atoms with Gasteiger partial charge in [0.15, 0.2) is 5.82 Å². The van der Waals surface area contributed by atoms with Gasteiger partial charge >= 0.3 is 0 Å². The first kappa shape index (κ1) is 23.2. The molecule has 0 fully saturated rings. The first-order valence-corrected chi connectivity index (χ1v) is 12.6. The zero-order valence-corrected chi connectivity index (χ0v) is 20.0. The van der Waals surface area contributed by atoms with Crippen LogP contribution in [0.5, 0.6) is 0 Å². The maximum atomic E-state index is 12.9. The normalized spacial score (nSPS) is 11.6. The van der Waals surface area contributed by atoms with Crippen LogP contribution in [-0.2, 0) is 34.5 Å². The van der Waals surface area contributed by atoms with E-state index < -0.39 is 10.0 Å². The van der Waals surface area contributed by atoms with E-state index in [1.165, 1.54) is 19.1 Å². The van der Waals surface area contributed by atoms with E-state index in [0.29, 0.717) is 33.9 Å². The SMILES string of the molecule is CC(=O)NCc1cccc(Cn2nc(NS(=O)(=O)c3ccc(Cl)s3)c3c(CO)cccc32)c1. The van der Waals surface area contributed by atoms with Crippen LogP contribution in [0.2, 0.25) is 4.34 Å². The number of thiophene rings is 1. The lowest BCUT2D eigenvalue weighted by molar-refractivity contribution is -0.119. The molecule has 0 aliphatic rings. The summed E-state index contributed by atoms with van der Waals surface area (Å²) in [5.41, 5.74) is 3.10. The second-order valence-corrected chi connectivity index (χ2v) is 11.0. The van der Waals surface area contributed by atoms with Gasteiger partial charge in [-0.1, -0.05) is 48.0 Å². The van der Waals surface area contributed by atoms with E-state index in [0.717, 1.165) is 22.5 Å². The van der Waals surface area contributed by atoms with Crippen LogP contribution in [0.3, 0.4) is 0 Å². The zero-order valence-electron chi connectivity index (χ0n) is 17.6. The minimum absolute atomic E-state index is 0.0716. The smallest absolute Gasteiger partial charge is 0.272 e. The van der Waals surface area contributed by atoms with E-state index in [2.05, 4.69) is 15.1 Å². The first-order chi connectivity index (χ1) is 15.8. The Labute approximate surface area is 199 Å². The Morgan fingerprint density at radius 2 is 1.91 bits per heavy atom. The predicted octanol–water partition coefficient (Wildman–Crippen LogP) is 3.73. The number of aliphatic hydroxyl groups is 1. The van der Waals surface area contributed by atoms with E-state index in [1.807, 2.05) is 30.3 Å². The second-order valence-electron chi connectivity index (χ2n) is 7.37.